The number of carbonyl (C=O) groups is 1. The van der Waals surface area contributed by atoms with Crippen molar-refractivity contribution in [1.82, 2.24) is 4.72 Å². The minimum atomic E-state index is -4.25. The topological polar surface area (TPSA) is 83.5 Å². The fraction of sp³-hybridized carbons (Fsp3) is 0.308. The van der Waals surface area contributed by atoms with Gasteiger partial charge in [0.05, 0.1) is 0 Å². The first-order chi connectivity index (χ1) is 9.83. The molecule has 0 bridgehead atoms. The molecule has 1 aromatic rings. The first-order valence-corrected chi connectivity index (χ1v) is 7.70. The summed E-state index contributed by atoms with van der Waals surface area (Å²) in [7, 11) is -4.25. The summed E-state index contributed by atoms with van der Waals surface area (Å²) in [6.45, 7) is 0. The van der Waals surface area contributed by atoms with E-state index in [2.05, 4.69) is 4.72 Å². The summed E-state index contributed by atoms with van der Waals surface area (Å²) < 4.78 is 53.8. The van der Waals surface area contributed by atoms with E-state index in [4.69, 9.17) is 5.11 Å². The lowest BCUT2D eigenvalue weighted by molar-refractivity contribution is 0.0685. The van der Waals surface area contributed by atoms with Gasteiger partial charge in [0.1, 0.15) is 16.3 Å². The molecule has 1 aliphatic carbocycles. The highest BCUT2D eigenvalue weighted by Crippen LogP contribution is 2.22. The smallest absolute Gasteiger partial charge is 0.341 e. The van der Waals surface area contributed by atoms with Crippen LogP contribution in [-0.2, 0) is 10.0 Å². The Kier molecular flexibility index (Phi) is 4.38. The van der Waals surface area contributed by atoms with Crippen LogP contribution in [0.5, 0.6) is 0 Å². The van der Waals surface area contributed by atoms with Gasteiger partial charge in [0.15, 0.2) is 5.82 Å². The third-order valence-corrected chi connectivity index (χ3v) is 4.69. The summed E-state index contributed by atoms with van der Waals surface area (Å²) >= 11 is 0. The van der Waals surface area contributed by atoms with Gasteiger partial charge in [-0.05, 0) is 31.4 Å². The Balaban J connectivity index is 2.38. The molecule has 2 N–H and O–H groups in total. The van der Waals surface area contributed by atoms with Gasteiger partial charge in [-0.3, -0.25) is 0 Å². The molecule has 0 saturated heterocycles. The van der Waals surface area contributed by atoms with Crippen LogP contribution in [0.2, 0.25) is 0 Å². The van der Waals surface area contributed by atoms with Crippen LogP contribution >= 0.6 is 0 Å². The Morgan fingerprint density at radius 1 is 1.29 bits per heavy atom. The lowest BCUT2D eigenvalue weighted by Gasteiger charge is -2.19. The standard InChI is InChI=1S/C13H13F2NO4S/c14-9-6-7-10(12(15)11(9)13(17)18)21(19,20)16-8-4-2-1-3-5-8/h1-2,6-8,16H,3-5H2,(H,17,18). The quantitative estimate of drug-likeness (QED) is 0.833. The number of rotatable bonds is 4. The van der Waals surface area contributed by atoms with E-state index in [1.54, 1.807) is 6.08 Å². The van der Waals surface area contributed by atoms with Crippen molar-refractivity contribution in [3.8, 4) is 0 Å². The van der Waals surface area contributed by atoms with E-state index < -0.39 is 44.1 Å². The van der Waals surface area contributed by atoms with E-state index in [-0.39, 0.29) is 0 Å². The SMILES string of the molecule is O=C(O)c1c(F)ccc(S(=O)(=O)NC2CC=CCC2)c1F. The van der Waals surface area contributed by atoms with Crippen molar-refractivity contribution in [2.75, 3.05) is 0 Å². The zero-order valence-corrected chi connectivity index (χ0v) is 11.7. The predicted molar refractivity (Wildman–Crippen MR) is 70.4 cm³/mol. The van der Waals surface area contributed by atoms with Gasteiger partial charge in [-0.15, -0.1) is 0 Å². The molecule has 5 nitrogen and oxygen atoms in total. The maximum absolute atomic E-state index is 14.0. The molecule has 2 rings (SSSR count). The van der Waals surface area contributed by atoms with Gasteiger partial charge in [0.25, 0.3) is 0 Å². The van der Waals surface area contributed by atoms with Crippen molar-refractivity contribution < 1.29 is 27.1 Å². The van der Waals surface area contributed by atoms with Gasteiger partial charge in [-0.25, -0.2) is 26.7 Å². The van der Waals surface area contributed by atoms with E-state index in [0.29, 0.717) is 25.3 Å². The highest BCUT2D eigenvalue weighted by Gasteiger charge is 2.28. The number of sulfonamides is 1. The Morgan fingerprint density at radius 2 is 2.00 bits per heavy atom. The fourth-order valence-corrected chi connectivity index (χ4v) is 3.49. The average Bonchev–Trinajstić information content (AvgIpc) is 2.38. The lowest BCUT2D eigenvalue weighted by atomic mass is 10.0. The van der Waals surface area contributed by atoms with Crippen LogP contribution in [-0.4, -0.2) is 25.5 Å². The lowest BCUT2D eigenvalue weighted by Crippen LogP contribution is -2.36. The van der Waals surface area contributed by atoms with Crippen molar-refractivity contribution >= 4 is 16.0 Å². The summed E-state index contributed by atoms with van der Waals surface area (Å²) in [6, 6.07) is 0.956. The van der Waals surface area contributed by atoms with E-state index in [0.717, 1.165) is 6.07 Å². The summed E-state index contributed by atoms with van der Waals surface area (Å²) in [5.74, 6) is -4.77. The molecule has 1 unspecified atom stereocenters. The van der Waals surface area contributed by atoms with Crippen LogP contribution in [0.25, 0.3) is 0 Å². The van der Waals surface area contributed by atoms with E-state index in [9.17, 15) is 22.0 Å². The number of hydrogen-bond donors (Lipinski definition) is 2. The van der Waals surface area contributed by atoms with Crippen LogP contribution in [0.15, 0.2) is 29.2 Å². The van der Waals surface area contributed by atoms with Crippen LogP contribution in [0.3, 0.4) is 0 Å². The summed E-state index contributed by atoms with van der Waals surface area (Å²) in [5.41, 5.74) is -1.28. The van der Waals surface area contributed by atoms with Crippen molar-refractivity contribution in [3.05, 3.63) is 41.5 Å². The molecular weight excluding hydrogens is 304 g/mol. The van der Waals surface area contributed by atoms with E-state index in [1.807, 2.05) is 6.08 Å². The van der Waals surface area contributed by atoms with E-state index >= 15 is 0 Å². The zero-order valence-electron chi connectivity index (χ0n) is 10.8. The Hall–Kier alpha value is -1.80. The molecule has 1 atom stereocenters. The molecule has 0 aromatic heterocycles. The maximum Gasteiger partial charge on any atom is 0.341 e. The minimum Gasteiger partial charge on any atom is -0.477 e. The predicted octanol–water partition coefficient (Wildman–Crippen LogP) is 2.05. The molecule has 1 aliphatic rings. The van der Waals surface area contributed by atoms with Gasteiger partial charge in [0, 0.05) is 6.04 Å². The van der Waals surface area contributed by atoms with Crippen LogP contribution < -0.4 is 4.72 Å². The van der Waals surface area contributed by atoms with E-state index in [1.165, 1.54) is 0 Å². The number of hydrogen-bond acceptors (Lipinski definition) is 3. The molecule has 1 aromatic carbocycles. The monoisotopic (exact) mass is 317 g/mol. The molecule has 0 radical (unpaired) electrons. The second-order valence-electron chi connectivity index (χ2n) is 4.64. The minimum absolute atomic E-state index is 0.391. The second kappa shape index (κ2) is 5.90. The van der Waals surface area contributed by atoms with Crippen LogP contribution in [0, 0.1) is 11.6 Å². The first-order valence-electron chi connectivity index (χ1n) is 6.21. The molecule has 0 aliphatic heterocycles. The molecule has 0 spiro atoms. The number of carboxylic acid groups (broad SMARTS) is 1. The third kappa shape index (κ3) is 3.27. The highest BCUT2D eigenvalue weighted by atomic mass is 32.2. The molecule has 0 heterocycles. The van der Waals surface area contributed by atoms with Gasteiger partial charge in [0.2, 0.25) is 10.0 Å². The average molecular weight is 317 g/mol. The highest BCUT2D eigenvalue weighted by molar-refractivity contribution is 7.89. The molecule has 21 heavy (non-hydrogen) atoms. The summed E-state index contributed by atoms with van der Waals surface area (Å²) in [5, 5.41) is 8.75. The second-order valence-corrected chi connectivity index (χ2v) is 6.32. The number of nitrogens with one attached hydrogen (secondary N) is 1. The molecule has 114 valence electrons. The largest absolute Gasteiger partial charge is 0.477 e. The molecule has 8 heteroatoms. The summed E-state index contributed by atoms with van der Waals surface area (Å²) in [4.78, 5) is 9.94. The number of carboxylic acids is 1. The van der Waals surface area contributed by atoms with Crippen LogP contribution in [0.1, 0.15) is 29.6 Å². The Bertz CT molecular complexity index is 700. The van der Waals surface area contributed by atoms with Crippen molar-refractivity contribution in [3.63, 3.8) is 0 Å². The number of allylic oxidation sites excluding steroid dienone is 1. The maximum atomic E-state index is 14.0. The van der Waals surface area contributed by atoms with Gasteiger partial charge >= 0.3 is 5.97 Å². The molecule has 0 amide bonds. The number of benzene rings is 1. The fourth-order valence-electron chi connectivity index (χ4n) is 2.12. The molecule has 0 saturated carbocycles. The van der Waals surface area contributed by atoms with Gasteiger partial charge in [-0.2, -0.15) is 0 Å². The normalized spacial score (nSPS) is 18.7. The Labute approximate surface area is 120 Å². The van der Waals surface area contributed by atoms with Gasteiger partial charge in [-0.1, -0.05) is 12.2 Å². The molecular formula is C13H13F2NO4S. The van der Waals surface area contributed by atoms with Crippen molar-refractivity contribution in [1.29, 1.82) is 0 Å². The number of halogens is 2. The first kappa shape index (κ1) is 15.6. The molecule has 0 fully saturated rings. The summed E-state index contributed by atoms with van der Waals surface area (Å²) in [6.07, 6.45) is 5.43. The number of aromatic carboxylic acids is 1. The van der Waals surface area contributed by atoms with Crippen molar-refractivity contribution in [2.45, 2.75) is 30.2 Å². The van der Waals surface area contributed by atoms with Crippen molar-refractivity contribution in [2.24, 2.45) is 0 Å². The Morgan fingerprint density at radius 3 is 2.57 bits per heavy atom. The third-order valence-electron chi connectivity index (χ3n) is 3.15. The van der Waals surface area contributed by atoms with Gasteiger partial charge < -0.3 is 5.11 Å². The zero-order chi connectivity index (χ0) is 15.6. The van der Waals surface area contributed by atoms with Crippen LogP contribution in [0.4, 0.5) is 8.78 Å².